The van der Waals surface area contributed by atoms with Crippen LogP contribution in [0.1, 0.15) is 39.2 Å². The number of phenols is 1. The largest absolute Gasteiger partial charge is 0.507 e. The van der Waals surface area contributed by atoms with Crippen molar-refractivity contribution in [1.82, 2.24) is 10.9 Å². The van der Waals surface area contributed by atoms with E-state index < -0.39 is 0 Å². The molecule has 1 aromatic rings. The fourth-order valence-corrected chi connectivity index (χ4v) is 2.76. The second kappa shape index (κ2) is 8.98. The summed E-state index contributed by atoms with van der Waals surface area (Å²) in [5, 5.41) is 17.8. The van der Waals surface area contributed by atoms with Gasteiger partial charge in [0.15, 0.2) is 0 Å². The molecule has 0 aromatic heterocycles. The minimum Gasteiger partial charge on any atom is -0.507 e. The predicted molar refractivity (Wildman–Crippen MR) is 101 cm³/mol. The van der Waals surface area contributed by atoms with Crippen molar-refractivity contribution in [2.75, 3.05) is 18.0 Å². The number of nitrogens with one attached hydrogen (secondary N) is 2. The lowest BCUT2D eigenvalue weighted by Crippen LogP contribution is -2.25. The summed E-state index contributed by atoms with van der Waals surface area (Å²) in [4.78, 5) is 25.5. The summed E-state index contributed by atoms with van der Waals surface area (Å²) in [5.74, 6) is -0.742. The summed E-state index contributed by atoms with van der Waals surface area (Å²) in [6.07, 6.45) is 1.94. The van der Waals surface area contributed by atoms with Crippen molar-refractivity contribution in [2.24, 2.45) is 16.1 Å². The van der Waals surface area contributed by atoms with Gasteiger partial charge in [-0.3, -0.25) is 9.59 Å². The molecule has 0 bridgehead atoms. The number of hydrazone groups is 2. The van der Waals surface area contributed by atoms with E-state index in [1.807, 2.05) is 19.9 Å². The fraction of sp³-hybridized carbons (Fsp3) is 0.444. The van der Waals surface area contributed by atoms with Crippen LogP contribution in [-0.2, 0) is 9.59 Å². The van der Waals surface area contributed by atoms with Crippen LogP contribution in [0.4, 0.5) is 5.69 Å². The Labute approximate surface area is 153 Å². The number of amides is 2. The van der Waals surface area contributed by atoms with E-state index in [1.54, 1.807) is 19.1 Å². The Morgan fingerprint density at radius 1 is 1.42 bits per heavy atom. The summed E-state index contributed by atoms with van der Waals surface area (Å²) in [5.41, 5.74) is 6.93. The van der Waals surface area contributed by atoms with Crippen LogP contribution in [0.25, 0.3) is 0 Å². The SMILES string of the molecule is CCN(CC)c1ccc(C=NNC(=O)CC[C@@H]2C(=O)NN=C2C)c(O)c1. The average molecular weight is 359 g/mol. The topological polar surface area (TPSA) is 106 Å². The zero-order chi connectivity index (χ0) is 19.1. The van der Waals surface area contributed by atoms with Crippen LogP contribution in [0.2, 0.25) is 0 Å². The molecule has 3 N–H and O–H groups in total. The van der Waals surface area contributed by atoms with Gasteiger partial charge < -0.3 is 10.0 Å². The lowest BCUT2D eigenvalue weighted by molar-refractivity contribution is -0.123. The Bertz CT molecular complexity index is 726. The number of hydrogen-bond donors (Lipinski definition) is 3. The highest BCUT2D eigenvalue weighted by molar-refractivity contribution is 6.07. The van der Waals surface area contributed by atoms with E-state index in [4.69, 9.17) is 0 Å². The van der Waals surface area contributed by atoms with Gasteiger partial charge in [0.25, 0.3) is 0 Å². The van der Waals surface area contributed by atoms with Crippen LogP contribution in [0.15, 0.2) is 28.4 Å². The first-order chi connectivity index (χ1) is 12.5. The molecule has 0 spiro atoms. The zero-order valence-corrected chi connectivity index (χ0v) is 15.3. The molecule has 1 aliphatic heterocycles. The van der Waals surface area contributed by atoms with Gasteiger partial charge in [-0.15, -0.1) is 0 Å². The molecule has 140 valence electrons. The Hall–Kier alpha value is -2.90. The van der Waals surface area contributed by atoms with Crippen LogP contribution >= 0.6 is 0 Å². The van der Waals surface area contributed by atoms with Crippen LogP contribution < -0.4 is 15.8 Å². The first-order valence-corrected chi connectivity index (χ1v) is 8.70. The van der Waals surface area contributed by atoms with Crippen LogP contribution in [0.5, 0.6) is 5.75 Å². The summed E-state index contributed by atoms with van der Waals surface area (Å²) in [6, 6.07) is 5.33. The third-order valence-electron chi connectivity index (χ3n) is 4.36. The van der Waals surface area contributed by atoms with Crippen molar-refractivity contribution in [3.8, 4) is 5.75 Å². The number of benzene rings is 1. The average Bonchev–Trinajstić information content (AvgIpc) is 2.94. The summed E-state index contributed by atoms with van der Waals surface area (Å²) in [7, 11) is 0. The van der Waals surface area contributed by atoms with Crippen LogP contribution in [0, 0.1) is 5.92 Å². The zero-order valence-electron chi connectivity index (χ0n) is 15.3. The van der Waals surface area contributed by atoms with E-state index in [0.29, 0.717) is 17.7 Å². The maximum absolute atomic E-state index is 11.8. The Kier molecular flexibility index (Phi) is 6.71. The van der Waals surface area contributed by atoms with Crippen LogP contribution in [0.3, 0.4) is 0 Å². The third-order valence-corrected chi connectivity index (χ3v) is 4.36. The molecule has 8 heteroatoms. The molecule has 0 fully saturated rings. The van der Waals surface area contributed by atoms with Gasteiger partial charge in [0.1, 0.15) is 5.75 Å². The summed E-state index contributed by atoms with van der Waals surface area (Å²) in [6.45, 7) is 7.55. The van der Waals surface area contributed by atoms with Crippen molar-refractivity contribution in [1.29, 1.82) is 0 Å². The number of phenolic OH excluding ortho intramolecular Hbond substituents is 1. The van der Waals surface area contributed by atoms with E-state index in [2.05, 4.69) is 26.0 Å². The van der Waals surface area contributed by atoms with E-state index in [0.717, 1.165) is 18.8 Å². The molecule has 2 amide bonds. The molecule has 1 aromatic carbocycles. The van der Waals surface area contributed by atoms with Gasteiger partial charge in [0.2, 0.25) is 11.8 Å². The fourth-order valence-electron chi connectivity index (χ4n) is 2.76. The van der Waals surface area contributed by atoms with E-state index in [1.165, 1.54) is 6.21 Å². The van der Waals surface area contributed by atoms with Gasteiger partial charge in [-0.25, -0.2) is 10.9 Å². The molecule has 2 rings (SSSR count). The molecule has 0 unspecified atom stereocenters. The minimum atomic E-state index is -0.360. The summed E-state index contributed by atoms with van der Waals surface area (Å²) < 4.78 is 0. The van der Waals surface area contributed by atoms with Gasteiger partial charge in [-0.05, 0) is 39.3 Å². The molecule has 0 saturated heterocycles. The van der Waals surface area contributed by atoms with E-state index in [-0.39, 0.29) is 29.9 Å². The first-order valence-electron chi connectivity index (χ1n) is 8.70. The normalized spacial score (nSPS) is 16.5. The van der Waals surface area contributed by atoms with Crippen molar-refractivity contribution < 1.29 is 14.7 Å². The molecule has 1 aliphatic rings. The number of nitrogens with zero attached hydrogens (tertiary/aromatic N) is 3. The van der Waals surface area contributed by atoms with Crippen molar-refractivity contribution in [2.45, 2.75) is 33.6 Å². The predicted octanol–water partition coefficient (Wildman–Crippen LogP) is 1.59. The molecule has 1 atom stereocenters. The maximum Gasteiger partial charge on any atom is 0.248 e. The standard InChI is InChI=1S/C18H25N5O3/c1-4-23(5-2)14-7-6-13(16(24)10-14)11-19-21-17(25)9-8-15-12(3)20-22-18(15)26/h6-7,10-11,15,24H,4-5,8-9H2,1-3H3,(H,21,25)(H,22,26)/t15-/m0/s1. The maximum atomic E-state index is 11.8. The number of carbonyl (C=O) groups excluding carboxylic acids is 2. The van der Waals surface area contributed by atoms with Gasteiger partial charge in [-0.1, -0.05) is 0 Å². The summed E-state index contributed by atoms with van der Waals surface area (Å²) >= 11 is 0. The molecule has 0 radical (unpaired) electrons. The Morgan fingerprint density at radius 3 is 2.73 bits per heavy atom. The molecule has 26 heavy (non-hydrogen) atoms. The molecule has 0 aliphatic carbocycles. The number of carbonyl (C=O) groups is 2. The lowest BCUT2D eigenvalue weighted by atomic mass is 9.99. The number of anilines is 1. The molecular formula is C18H25N5O3. The minimum absolute atomic E-state index is 0.0989. The van der Waals surface area contributed by atoms with Crippen molar-refractivity contribution in [3.63, 3.8) is 0 Å². The lowest BCUT2D eigenvalue weighted by Gasteiger charge is -2.21. The number of hydrogen-bond acceptors (Lipinski definition) is 6. The molecular weight excluding hydrogens is 334 g/mol. The first kappa shape index (κ1) is 19.4. The highest BCUT2D eigenvalue weighted by atomic mass is 16.3. The van der Waals surface area contributed by atoms with Crippen LogP contribution in [-0.4, -0.2) is 41.9 Å². The Morgan fingerprint density at radius 2 is 2.15 bits per heavy atom. The van der Waals surface area contributed by atoms with Crippen molar-refractivity contribution >= 4 is 29.4 Å². The second-order valence-electron chi connectivity index (χ2n) is 6.03. The number of aromatic hydroxyl groups is 1. The highest BCUT2D eigenvalue weighted by Gasteiger charge is 2.26. The molecule has 8 nitrogen and oxygen atoms in total. The second-order valence-corrected chi connectivity index (χ2v) is 6.03. The van der Waals surface area contributed by atoms with Gasteiger partial charge in [0.05, 0.1) is 12.1 Å². The van der Waals surface area contributed by atoms with E-state index in [9.17, 15) is 14.7 Å². The van der Waals surface area contributed by atoms with E-state index >= 15 is 0 Å². The number of rotatable bonds is 8. The Balaban J connectivity index is 1.86. The van der Waals surface area contributed by atoms with Crippen molar-refractivity contribution in [3.05, 3.63) is 23.8 Å². The third kappa shape index (κ3) is 4.81. The monoisotopic (exact) mass is 359 g/mol. The van der Waals surface area contributed by atoms with Gasteiger partial charge >= 0.3 is 0 Å². The molecule has 1 heterocycles. The smallest absolute Gasteiger partial charge is 0.248 e. The molecule has 0 saturated carbocycles. The van der Waals surface area contributed by atoms with Gasteiger partial charge in [0, 0.05) is 42.5 Å². The quantitative estimate of drug-likeness (QED) is 0.484. The highest BCUT2D eigenvalue weighted by Crippen LogP contribution is 2.23. The van der Waals surface area contributed by atoms with Gasteiger partial charge in [-0.2, -0.15) is 10.2 Å².